The Morgan fingerprint density at radius 3 is 3.00 bits per heavy atom. The molecule has 2 rings (SSSR count). The molecule has 1 aliphatic rings. The van der Waals surface area contributed by atoms with Gasteiger partial charge in [-0.15, -0.1) is 6.58 Å². The smallest absolute Gasteiger partial charge is 0.251 e. The van der Waals surface area contributed by atoms with Crippen molar-refractivity contribution in [1.29, 1.82) is 0 Å². The summed E-state index contributed by atoms with van der Waals surface area (Å²) in [6.07, 6.45) is 1.61. The molecule has 0 aromatic heterocycles. The van der Waals surface area contributed by atoms with Gasteiger partial charge in [-0.2, -0.15) is 0 Å². The van der Waals surface area contributed by atoms with Gasteiger partial charge >= 0.3 is 0 Å². The fourth-order valence-electron chi connectivity index (χ4n) is 1.72. The summed E-state index contributed by atoms with van der Waals surface area (Å²) in [5.74, 6) is -0.295. The standard InChI is InChI=1S/C13H15N3O2/c1-3-6-14-13(18)9-4-5-10-11(7-9)16-12(17)8(2)15-10/h3-5,7-8,15H,1,6H2,2H3,(H,14,18)(H,16,17). The maximum absolute atomic E-state index is 11.7. The van der Waals surface area contributed by atoms with E-state index in [9.17, 15) is 9.59 Å². The molecule has 5 nitrogen and oxygen atoms in total. The molecule has 0 saturated carbocycles. The quantitative estimate of drug-likeness (QED) is 0.704. The lowest BCUT2D eigenvalue weighted by atomic mass is 10.1. The number of rotatable bonds is 3. The molecular formula is C13H15N3O2. The van der Waals surface area contributed by atoms with Gasteiger partial charge in [0.2, 0.25) is 5.91 Å². The average Bonchev–Trinajstić information content (AvgIpc) is 2.36. The van der Waals surface area contributed by atoms with Gasteiger partial charge < -0.3 is 16.0 Å². The van der Waals surface area contributed by atoms with Crippen LogP contribution in [0.2, 0.25) is 0 Å². The lowest BCUT2D eigenvalue weighted by Crippen LogP contribution is -2.36. The largest absolute Gasteiger partial charge is 0.372 e. The number of amides is 2. The Morgan fingerprint density at radius 1 is 1.50 bits per heavy atom. The summed E-state index contributed by atoms with van der Waals surface area (Å²) in [6, 6.07) is 4.89. The van der Waals surface area contributed by atoms with Crippen LogP contribution in [0.3, 0.4) is 0 Å². The monoisotopic (exact) mass is 245 g/mol. The van der Waals surface area contributed by atoms with Crippen molar-refractivity contribution >= 4 is 23.2 Å². The Labute approximate surface area is 105 Å². The maximum atomic E-state index is 11.7. The molecule has 0 saturated heterocycles. The van der Waals surface area contributed by atoms with Gasteiger partial charge in [0.25, 0.3) is 5.91 Å². The van der Waals surface area contributed by atoms with E-state index in [1.165, 1.54) is 0 Å². The fourth-order valence-corrected chi connectivity index (χ4v) is 1.72. The number of carbonyl (C=O) groups is 2. The Bertz CT molecular complexity index is 511. The summed E-state index contributed by atoms with van der Waals surface area (Å²) in [5, 5.41) is 8.50. The first-order valence-electron chi connectivity index (χ1n) is 5.72. The molecule has 0 aliphatic carbocycles. The first kappa shape index (κ1) is 12.2. The van der Waals surface area contributed by atoms with Crippen LogP contribution in [0.5, 0.6) is 0 Å². The van der Waals surface area contributed by atoms with Crippen LogP contribution in [-0.2, 0) is 4.79 Å². The van der Waals surface area contributed by atoms with E-state index in [1.807, 2.05) is 0 Å². The van der Waals surface area contributed by atoms with Crippen molar-refractivity contribution in [2.24, 2.45) is 0 Å². The van der Waals surface area contributed by atoms with Crippen LogP contribution in [-0.4, -0.2) is 24.4 Å². The predicted molar refractivity (Wildman–Crippen MR) is 70.7 cm³/mol. The van der Waals surface area contributed by atoms with E-state index in [-0.39, 0.29) is 17.9 Å². The van der Waals surface area contributed by atoms with Crippen LogP contribution in [0.15, 0.2) is 30.9 Å². The molecule has 0 spiro atoms. The second-order valence-electron chi connectivity index (χ2n) is 4.11. The molecule has 2 amide bonds. The van der Waals surface area contributed by atoms with E-state index < -0.39 is 0 Å². The Morgan fingerprint density at radius 2 is 2.28 bits per heavy atom. The first-order chi connectivity index (χ1) is 8.61. The topological polar surface area (TPSA) is 70.2 Å². The molecule has 18 heavy (non-hydrogen) atoms. The van der Waals surface area contributed by atoms with Gasteiger partial charge in [0.15, 0.2) is 0 Å². The van der Waals surface area contributed by atoms with Crippen LogP contribution in [0.1, 0.15) is 17.3 Å². The molecule has 1 aliphatic heterocycles. The average molecular weight is 245 g/mol. The van der Waals surface area contributed by atoms with Crippen molar-refractivity contribution in [2.75, 3.05) is 17.2 Å². The highest BCUT2D eigenvalue weighted by Gasteiger charge is 2.21. The second kappa shape index (κ2) is 4.91. The summed E-state index contributed by atoms with van der Waals surface area (Å²) in [5.41, 5.74) is 1.96. The first-order valence-corrected chi connectivity index (χ1v) is 5.72. The van der Waals surface area contributed by atoms with Crippen LogP contribution in [0.4, 0.5) is 11.4 Å². The molecule has 5 heteroatoms. The lowest BCUT2D eigenvalue weighted by molar-refractivity contribution is -0.116. The third-order valence-electron chi connectivity index (χ3n) is 2.71. The second-order valence-corrected chi connectivity index (χ2v) is 4.11. The van der Waals surface area contributed by atoms with E-state index in [0.29, 0.717) is 17.8 Å². The summed E-state index contributed by atoms with van der Waals surface area (Å²) >= 11 is 0. The van der Waals surface area contributed by atoms with Gasteiger partial charge in [-0.1, -0.05) is 6.08 Å². The zero-order valence-electron chi connectivity index (χ0n) is 10.1. The zero-order chi connectivity index (χ0) is 13.1. The highest BCUT2D eigenvalue weighted by Crippen LogP contribution is 2.27. The van der Waals surface area contributed by atoms with Gasteiger partial charge in [0.1, 0.15) is 6.04 Å². The fraction of sp³-hybridized carbons (Fsp3) is 0.231. The van der Waals surface area contributed by atoms with Crippen molar-refractivity contribution in [1.82, 2.24) is 5.32 Å². The van der Waals surface area contributed by atoms with E-state index in [2.05, 4.69) is 22.5 Å². The van der Waals surface area contributed by atoms with Gasteiger partial charge in [0, 0.05) is 12.1 Å². The minimum atomic E-state index is -0.266. The Hall–Kier alpha value is -2.30. The number of fused-ring (bicyclic) bond motifs is 1. The number of nitrogens with one attached hydrogen (secondary N) is 3. The van der Waals surface area contributed by atoms with Crippen molar-refractivity contribution in [3.05, 3.63) is 36.4 Å². The molecule has 0 fully saturated rings. The van der Waals surface area contributed by atoms with Gasteiger partial charge in [-0.05, 0) is 25.1 Å². The van der Waals surface area contributed by atoms with Crippen LogP contribution >= 0.6 is 0 Å². The van der Waals surface area contributed by atoms with E-state index >= 15 is 0 Å². The molecule has 0 radical (unpaired) electrons. The Balaban J connectivity index is 2.22. The third kappa shape index (κ3) is 2.34. The lowest BCUT2D eigenvalue weighted by Gasteiger charge is -2.24. The van der Waals surface area contributed by atoms with Gasteiger partial charge in [-0.3, -0.25) is 9.59 Å². The van der Waals surface area contributed by atoms with Crippen molar-refractivity contribution in [2.45, 2.75) is 13.0 Å². The van der Waals surface area contributed by atoms with E-state index in [0.717, 1.165) is 5.69 Å². The van der Waals surface area contributed by atoms with Gasteiger partial charge in [-0.25, -0.2) is 0 Å². The zero-order valence-corrected chi connectivity index (χ0v) is 10.1. The SMILES string of the molecule is C=CCNC(=O)c1ccc2c(c1)NC(=O)C(C)N2. The third-order valence-corrected chi connectivity index (χ3v) is 2.71. The highest BCUT2D eigenvalue weighted by molar-refractivity contribution is 6.05. The minimum Gasteiger partial charge on any atom is -0.372 e. The number of hydrogen-bond donors (Lipinski definition) is 3. The molecule has 1 atom stereocenters. The predicted octanol–water partition coefficient (Wildman–Crippen LogP) is 1.35. The molecule has 1 unspecified atom stereocenters. The highest BCUT2D eigenvalue weighted by atomic mass is 16.2. The number of hydrogen-bond acceptors (Lipinski definition) is 3. The van der Waals surface area contributed by atoms with Crippen molar-refractivity contribution in [3.63, 3.8) is 0 Å². The normalized spacial score (nSPS) is 17.2. The van der Waals surface area contributed by atoms with Crippen LogP contribution in [0, 0.1) is 0 Å². The summed E-state index contributed by atoms with van der Waals surface area (Å²) in [4.78, 5) is 23.3. The van der Waals surface area contributed by atoms with E-state index in [4.69, 9.17) is 0 Å². The number of anilines is 2. The molecule has 94 valence electrons. The molecule has 1 heterocycles. The summed E-state index contributed by atoms with van der Waals surface area (Å²) in [6.45, 7) is 5.73. The van der Waals surface area contributed by atoms with Crippen LogP contribution < -0.4 is 16.0 Å². The number of carbonyl (C=O) groups excluding carboxylic acids is 2. The summed E-state index contributed by atoms with van der Waals surface area (Å²) in [7, 11) is 0. The molecule has 1 aromatic carbocycles. The Kier molecular flexibility index (Phi) is 3.32. The number of benzene rings is 1. The molecular weight excluding hydrogens is 230 g/mol. The minimum absolute atomic E-state index is 0.105. The summed E-state index contributed by atoms with van der Waals surface area (Å²) < 4.78 is 0. The molecule has 3 N–H and O–H groups in total. The molecule has 0 bridgehead atoms. The maximum Gasteiger partial charge on any atom is 0.251 e. The van der Waals surface area contributed by atoms with E-state index in [1.54, 1.807) is 31.2 Å². The van der Waals surface area contributed by atoms with Crippen molar-refractivity contribution < 1.29 is 9.59 Å². The molecule has 1 aromatic rings. The van der Waals surface area contributed by atoms with Gasteiger partial charge in [0.05, 0.1) is 11.4 Å². The van der Waals surface area contributed by atoms with Crippen LogP contribution in [0.25, 0.3) is 0 Å². The van der Waals surface area contributed by atoms with Crippen molar-refractivity contribution in [3.8, 4) is 0 Å².